The first-order valence-electron chi connectivity index (χ1n) is 6.30. The van der Waals surface area contributed by atoms with E-state index in [0.29, 0.717) is 18.2 Å². The van der Waals surface area contributed by atoms with E-state index in [1.165, 1.54) is 5.56 Å². The zero-order valence-corrected chi connectivity index (χ0v) is 10.9. The van der Waals surface area contributed by atoms with Gasteiger partial charge in [-0.25, -0.2) is 0 Å². The van der Waals surface area contributed by atoms with Crippen molar-refractivity contribution in [1.82, 2.24) is 5.32 Å². The first-order valence-corrected chi connectivity index (χ1v) is 6.30. The zero-order valence-electron chi connectivity index (χ0n) is 10.9. The molecule has 0 spiro atoms. The molecule has 1 fully saturated rings. The van der Waals surface area contributed by atoms with Gasteiger partial charge in [0.15, 0.2) is 0 Å². The average molecular weight is 231 g/mol. The molecule has 2 unspecified atom stereocenters. The maximum atomic E-state index is 12.0. The number of hydrogen-bond donors (Lipinski definition) is 1. The molecule has 0 radical (unpaired) electrons. The second kappa shape index (κ2) is 4.61. The largest absolute Gasteiger partial charge is 0.305 e. The minimum absolute atomic E-state index is 0.0206. The summed E-state index contributed by atoms with van der Waals surface area (Å²) < 4.78 is 0. The Hall–Kier alpha value is -1.15. The lowest BCUT2D eigenvalue weighted by Gasteiger charge is -2.19. The normalized spacial score (nSPS) is 23.5. The van der Waals surface area contributed by atoms with Crippen molar-refractivity contribution in [2.75, 3.05) is 6.54 Å². The Balaban J connectivity index is 1.85. The van der Waals surface area contributed by atoms with Gasteiger partial charge in [0.2, 0.25) is 0 Å². The molecule has 2 rings (SSSR count). The first-order chi connectivity index (χ1) is 7.97. The monoisotopic (exact) mass is 231 g/mol. The molecular weight excluding hydrogens is 210 g/mol. The van der Waals surface area contributed by atoms with Crippen LogP contribution >= 0.6 is 0 Å². The molecule has 2 nitrogen and oxygen atoms in total. The van der Waals surface area contributed by atoms with Gasteiger partial charge in [0, 0.05) is 11.5 Å². The van der Waals surface area contributed by atoms with Crippen molar-refractivity contribution in [1.29, 1.82) is 0 Å². The van der Waals surface area contributed by atoms with E-state index >= 15 is 0 Å². The standard InChI is InChI=1S/C15H21NO/c1-15(2,3)16-10-14(17)13-9-12(13)11-7-5-4-6-8-11/h4-8,12-13,16H,9-10H2,1-3H3. The van der Waals surface area contributed by atoms with Crippen LogP contribution in [0.5, 0.6) is 0 Å². The maximum Gasteiger partial charge on any atom is 0.150 e. The van der Waals surface area contributed by atoms with E-state index in [4.69, 9.17) is 0 Å². The van der Waals surface area contributed by atoms with Crippen LogP contribution in [0.3, 0.4) is 0 Å². The minimum Gasteiger partial charge on any atom is -0.305 e. The van der Waals surface area contributed by atoms with Gasteiger partial charge in [-0.05, 0) is 38.7 Å². The zero-order chi connectivity index (χ0) is 12.5. The highest BCUT2D eigenvalue weighted by atomic mass is 16.1. The lowest BCUT2D eigenvalue weighted by molar-refractivity contribution is -0.119. The van der Waals surface area contributed by atoms with Crippen LogP contribution in [0.4, 0.5) is 0 Å². The summed E-state index contributed by atoms with van der Waals surface area (Å²) >= 11 is 0. The average Bonchev–Trinajstić information content (AvgIpc) is 3.06. The van der Waals surface area contributed by atoms with E-state index in [2.05, 4.69) is 38.2 Å². The third-order valence-corrected chi connectivity index (χ3v) is 3.22. The highest BCUT2D eigenvalue weighted by Crippen LogP contribution is 2.47. The molecule has 92 valence electrons. The van der Waals surface area contributed by atoms with E-state index in [1.807, 2.05) is 18.2 Å². The molecule has 1 N–H and O–H groups in total. The molecule has 1 aliphatic rings. The van der Waals surface area contributed by atoms with Gasteiger partial charge in [0.1, 0.15) is 5.78 Å². The van der Waals surface area contributed by atoms with Crippen LogP contribution in [0.15, 0.2) is 30.3 Å². The maximum absolute atomic E-state index is 12.0. The van der Waals surface area contributed by atoms with E-state index in [-0.39, 0.29) is 11.5 Å². The third-order valence-electron chi connectivity index (χ3n) is 3.22. The fraction of sp³-hybridized carbons (Fsp3) is 0.533. The molecule has 0 aromatic heterocycles. The summed E-state index contributed by atoms with van der Waals surface area (Å²) in [6.07, 6.45) is 1.02. The Labute approximate surface area is 103 Å². The van der Waals surface area contributed by atoms with Crippen LogP contribution in [-0.4, -0.2) is 17.9 Å². The van der Waals surface area contributed by atoms with Gasteiger partial charge in [-0.2, -0.15) is 0 Å². The predicted octanol–water partition coefficient (Wildman–Crippen LogP) is 2.75. The van der Waals surface area contributed by atoms with E-state index < -0.39 is 0 Å². The molecule has 1 aliphatic carbocycles. The summed E-state index contributed by atoms with van der Waals surface area (Å²) in [7, 11) is 0. The lowest BCUT2D eigenvalue weighted by atomic mass is 10.1. The number of rotatable bonds is 4. The third kappa shape index (κ3) is 3.40. The predicted molar refractivity (Wildman–Crippen MR) is 70.1 cm³/mol. The number of hydrogen-bond acceptors (Lipinski definition) is 2. The number of benzene rings is 1. The molecule has 0 bridgehead atoms. The van der Waals surface area contributed by atoms with Gasteiger partial charge in [0.05, 0.1) is 6.54 Å². The molecule has 2 heteroatoms. The fourth-order valence-electron chi connectivity index (χ4n) is 2.10. The second-order valence-electron chi connectivity index (χ2n) is 5.93. The molecule has 2 atom stereocenters. The molecule has 0 heterocycles. The molecule has 0 saturated heterocycles. The van der Waals surface area contributed by atoms with Crippen LogP contribution in [0.1, 0.15) is 38.7 Å². The smallest absolute Gasteiger partial charge is 0.150 e. The molecule has 0 amide bonds. The highest BCUT2D eigenvalue weighted by molar-refractivity contribution is 5.86. The molecule has 1 aromatic rings. The van der Waals surface area contributed by atoms with Gasteiger partial charge in [-0.15, -0.1) is 0 Å². The summed E-state index contributed by atoms with van der Waals surface area (Å²) in [6, 6.07) is 10.3. The van der Waals surface area contributed by atoms with E-state index in [9.17, 15) is 4.79 Å². The van der Waals surface area contributed by atoms with Crippen molar-refractivity contribution < 1.29 is 4.79 Å². The van der Waals surface area contributed by atoms with Crippen molar-refractivity contribution in [3.8, 4) is 0 Å². The lowest BCUT2D eigenvalue weighted by Crippen LogP contribution is -2.39. The summed E-state index contributed by atoms with van der Waals surface area (Å²) in [5.41, 5.74) is 1.33. The van der Waals surface area contributed by atoms with Crippen molar-refractivity contribution in [2.24, 2.45) is 5.92 Å². The Bertz CT molecular complexity index is 391. The Morgan fingerprint density at radius 2 is 1.94 bits per heavy atom. The summed E-state index contributed by atoms with van der Waals surface area (Å²) in [6.45, 7) is 6.75. The number of ketones is 1. The summed E-state index contributed by atoms with van der Waals surface area (Å²) in [5.74, 6) is 1.06. The summed E-state index contributed by atoms with van der Waals surface area (Å²) in [5, 5.41) is 3.27. The van der Waals surface area contributed by atoms with Gasteiger partial charge >= 0.3 is 0 Å². The van der Waals surface area contributed by atoms with Crippen LogP contribution in [0.2, 0.25) is 0 Å². The van der Waals surface area contributed by atoms with Gasteiger partial charge in [-0.3, -0.25) is 4.79 Å². The SMILES string of the molecule is CC(C)(C)NCC(=O)C1CC1c1ccccc1. The minimum atomic E-state index is 0.0206. The first kappa shape index (κ1) is 12.3. The molecule has 17 heavy (non-hydrogen) atoms. The molecular formula is C15H21NO. The van der Waals surface area contributed by atoms with Gasteiger partial charge in [0.25, 0.3) is 0 Å². The number of carbonyl (C=O) groups excluding carboxylic acids is 1. The fourth-order valence-corrected chi connectivity index (χ4v) is 2.10. The topological polar surface area (TPSA) is 29.1 Å². The molecule has 0 aliphatic heterocycles. The van der Waals surface area contributed by atoms with Crippen molar-refractivity contribution in [3.63, 3.8) is 0 Å². The van der Waals surface area contributed by atoms with Crippen LogP contribution in [0, 0.1) is 5.92 Å². The van der Waals surface area contributed by atoms with Crippen molar-refractivity contribution >= 4 is 5.78 Å². The molecule has 1 aromatic carbocycles. The quantitative estimate of drug-likeness (QED) is 0.863. The van der Waals surface area contributed by atoms with E-state index in [0.717, 1.165) is 6.42 Å². The van der Waals surface area contributed by atoms with Gasteiger partial charge in [-0.1, -0.05) is 30.3 Å². The van der Waals surface area contributed by atoms with Crippen LogP contribution in [-0.2, 0) is 4.79 Å². The Kier molecular flexibility index (Phi) is 3.34. The highest BCUT2D eigenvalue weighted by Gasteiger charge is 2.43. The summed E-state index contributed by atoms with van der Waals surface area (Å²) in [4.78, 5) is 12.0. The number of carbonyl (C=O) groups is 1. The second-order valence-corrected chi connectivity index (χ2v) is 5.93. The number of nitrogens with one attached hydrogen (secondary N) is 1. The molecule has 1 saturated carbocycles. The van der Waals surface area contributed by atoms with E-state index in [1.54, 1.807) is 0 Å². The van der Waals surface area contributed by atoms with Crippen LogP contribution in [0.25, 0.3) is 0 Å². The number of Topliss-reactive ketones (excluding diaryl/α,β-unsaturated/α-hetero) is 1. The van der Waals surface area contributed by atoms with Crippen LogP contribution < -0.4 is 5.32 Å². The van der Waals surface area contributed by atoms with Crippen molar-refractivity contribution in [2.45, 2.75) is 38.6 Å². The van der Waals surface area contributed by atoms with Crippen molar-refractivity contribution in [3.05, 3.63) is 35.9 Å². The Morgan fingerprint density at radius 1 is 1.29 bits per heavy atom. The Morgan fingerprint density at radius 3 is 2.53 bits per heavy atom. The van der Waals surface area contributed by atoms with Gasteiger partial charge < -0.3 is 5.32 Å².